The van der Waals surface area contributed by atoms with Crippen LogP contribution in [0.2, 0.25) is 0 Å². The van der Waals surface area contributed by atoms with Gasteiger partial charge in [-0.1, -0.05) is 6.92 Å². The number of carboxylic acids is 1. The van der Waals surface area contributed by atoms with E-state index in [0.29, 0.717) is 0 Å². The van der Waals surface area contributed by atoms with Crippen molar-refractivity contribution in [2.45, 2.75) is 25.9 Å². The van der Waals surface area contributed by atoms with E-state index in [1.54, 1.807) is 6.92 Å². The first kappa shape index (κ1) is 17.1. The van der Waals surface area contributed by atoms with Gasteiger partial charge in [-0.05, 0) is 12.3 Å². The Morgan fingerprint density at radius 1 is 1.33 bits per heavy atom. The third kappa shape index (κ3) is 10.3. The molecule has 10 heteroatoms. The summed E-state index contributed by atoms with van der Waals surface area (Å²) in [5.74, 6) is -1.30. The number of carboxylic acid groups (broad SMARTS) is 1. The van der Waals surface area contributed by atoms with Crippen molar-refractivity contribution in [3.63, 3.8) is 0 Å². The number of rotatable bonds is 8. The number of nitrogens with one attached hydrogen (secondary N) is 2. The standard InChI is InChI=1S/C8H15F3N2O4S/c1-6(2-3-7(14)15)4-12-18(16,17)13-5-8(9,10)11/h6,12-13H,2-5H2,1H3,(H,14,15). The molecule has 0 saturated heterocycles. The molecule has 18 heavy (non-hydrogen) atoms. The van der Waals surface area contributed by atoms with Crippen LogP contribution < -0.4 is 9.44 Å². The van der Waals surface area contributed by atoms with Crippen LogP contribution in [0.4, 0.5) is 13.2 Å². The third-order valence-corrected chi connectivity index (χ3v) is 3.01. The lowest BCUT2D eigenvalue weighted by atomic mass is 10.1. The molecule has 0 saturated carbocycles. The van der Waals surface area contributed by atoms with Gasteiger partial charge in [0.25, 0.3) is 10.2 Å². The van der Waals surface area contributed by atoms with Crippen molar-refractivity contribution >= 4 is 16.2 Å². The fourth-order valence-corrected chi connectivity index (χ4v) is 1.91. The number of aliphatic carboxylic acids is 1. The number of carbonyl (C=O) groups is 1. The highest BCUT2D eigenvalue weighted by Crippen LogP contribution is 2.12. The lowest BCUT2D eigenvalue weighted by molar-refractivity contribution is -0.137. The van der Waals surface area contributed by atoms with Gasteiger partial charge in [0.2, 0.25) is 0 Å². The van der Waals surface area contributed by atoms with Crippen LogP contribution in [0.25, 0.3) is 0 Å². The lowest BCUT2D eigenvalue weighted by Gasteiger charge is -2.13. The number of halogens is 3. The summed E-state index contributed by atoms with van der Waals surface area (Å²) in [6, 6.07) is 0. The molecule has 0 rings (SSSR count). The number of alkyl halides is 3. The normalized spacial score (nSPS) is 14.4. The van der Waals surface area contributed by atoms with Gasteiger partial charge in [0, 0.05) is 13.0 Å². The summed E-state index contributed by atoms with van der Waals surface area (Å²) in [7, 11) is -4.22. The van der Waals surface area contributed by atoms with Gasteiger partial charge in [-0.2, -0.15) is 26.3 Å². The topological polar surface area (TPSA) is 95.5 Å². The molecule has 0 aromatic heterocycles. The van der Waals surface area contributed by atoms with Crippen LogP contribution in [0.1, 0.15) is 19.8 Å². The van der Waals surface area contributed by atoms with Crippen molar-refractivity contribution in [3.8, 4) is 0 Å². The summed E-state index contributed by atoms with van der Waals surface area (Å²) in [6.45, 7) is -0.179. The minimum atomic E-state index is -4.62. The van der Waals surface area contributed by atoms with Gasteiger partial charge < -0.3 is 5.11 Å². The molecule has 6 nitrogen and oxygen atoms in total. The fourth-order valence-electron chi connectivity index (χ4n) is 0.952. The van der Waals surface area contributed by atoms with Crippen molar-refractivity contribution in [3.05, 3.63) is 0 Å². The van der Waals surface area contributed by atoms with Crippen LogP contribution in [-0.2, 0) is 15.0 Å². The second-order valence-electron chi connectivity index (χ2n) is 3.83. The average molecular weight is 292 g/mol. The van der Waals surface area contributed by atoms with Gasteiger partial charge in [-0.15, -0.1) is 0 Å². The van der Waals surface area contributed by atoms with Crippen LogP contribution >= 0.6 is 0 Å². The molecule has 1 atom stereocenters. The second-order valence-corrected chi connectivity index (χ2v) is 5.41. The molecule has 0 spiro atoms. The first-order chi connectivity index (χ1) is 8.02. The van der Waals surface area contributed by atoms with E-state index < -0.39 is 28.9 Å². The third-order valence-electron chi connectivity index (χ3n) is 1.94. The summed E-state index contributed by atoms with van der Waals surface area (Å²) >= 11 is 0. The van der Waals surface area contributed by atoms with E-state index in [2.05, 4.69) is 0 Å². The Balaban J connectivity index is 4.00. The maximum atomic E-state index is 11.8. The first-order valence-corrected chi connectivity index (χ1v) is 6.53. The molecule has 3 N–H and O–H groups in total. The molecule has 0 amide bonds. The predicted octanol–water partition coefficient (Wildman–Crippen LogP) is 0.474. The lowest BCUT2D eigenvalue weighted by Crippen LogP contribution is -2.42. The first-order valence-electron chi connectivity index (χ1n) is 5.04. The molecule has 0 heterocycles. The van der Waals surface area contributed by atoms with Gasteiger partial charge in [0.15, 0.2) is 0 Å². The van der Waals surface area contributed by atoms with Crippen LogP contribution in [0.15, 0.2) is 0 Å². The molecule has 0 radical (unpaired) electrons. The molecule has 0 fully saturated rings. The molecular weight excluding hydrogens is 277 g/mol. The zero-order valence-electron chi connectivity index (χ0n) is 9.62. The smallest absolute Gasteiger partial charge is 0.402 e. The van der Waals surface area contributed by atoms with Crippen LogP contribution in [0.5, 0.6) is 0 Å². The van der Waals surface area contributed by atoms with Crippen LogP contribution in [0, 0.1) is 5.92 Å². The second kappa shape index (κ2) is 6.90. The SMILES string of the molecule is CC(CCC(=O)O)CNS(=O)(=O)NCC(F)(F)F. The average Bonchev–Trinajstić information content (AvgIpc) is 2.20. The van der Waals surface area contributed by atoms with E-state index in [1.807, 2.05) is 4.72 Å². The van der Waals surface area contributed by atoms with E-state index in [0.717, 1.165) is 0 Å². The Labute approximate surface area is 103 Å². The van der Waals surface area contributed by atoms with Crippen LogP contribution in [0.3, 0.4) is 0 Å². The Kier molecular flexibility index (Phi) is 6.57. The number of hydrogen-bond acceptors (Lipinski definition) is 3. The van der Waals surface area contributed by atoms with Gasteiger partial charge >= 0.3 is 12.1 Å². The van der Waals surface area contributed by atoms with E-state index in [9.17, 15) is 26.4 Å². The summed E-state index contributed by atoms with van der Waals surface area (Å²) in [6.07, 6.45) is -4.51. The maximum Gasteiger partial charge on any atom is 0.402 e. The highest BCUT2D eigenvalue weighted by atomic mass is 32.2. The molecule has 0 aliphatic rings. The molecule has 0 aliphatic carbocycles. The van der Waals surface area contributed by atoms with Crippen molar-refractivity contribution < 1.29 is 31.5 Å². The van der Waals surface area contributed by atoms with Crippen LogP contribution in [-0.4, -0.2) is 38.8 Å². The molecule has 0 aromatic rings. The van der Waals surface area contributed by atoms with E-state index in [-0.39, 0.29) is 25.3 Å². The van der Waals surface area contributed by atoms with E-state index >= 15 is 0 Å². The molecule has 1 unspecified atom stereocenters. The Hall–Kier alpha value is -0.870. The van der Waals surface area contributed by atoms with E-state index in [1.165, 1.54) is 4.72 Å². The molecule has 108 valence electrons. The number of hydrogen-bond donors (Lipinski definition) is 3. The summed E-state index contributed by atoms with van der Waals surface area (Å²) < 4.78 is 60.7. The zero-order valence-corrected chi connectivity index (χ0v) is 10.4. The molecule has 0 aromatic carbocycles. The molecular formula is C8H15F3N2O4S. The molecule has 0 aliphatic heterocycles. The highest BCUT2D eigenvalue weighted by Gasteiger charge is 2.29. The highest BCUT2D eigenvalue weighted by molar-refractivity contribution is 7.87. The molecule has 0 bridgehead atoms. The Morgan fingerprint density at radius 2 is 1.89 bits per heavy atom. The van der Waals surface area contributed by atoms with Gasteiger partial charge in [0.05, 0.1) is 0 Å². The Bertz CT molecular complexity index is 369. The zero-order chi connectivity index (χ0) is 14.4. The fraction of sp³-hybridized carbons (Fsp3) is 0.875. The summed E-state index contributed by atoms with van der Waals surface area (Å²) in [4.78, 5) is 10.2. The minimum Gasteiger partial charge on any atom is -0.481 e. The van der Waals surface area contributed by atoms with Crippen molar-refractivity contribution in [2.75, 3.05) is 13.1 Å². The monoisotopic (exact) mass is 292 g/mol. The largest absolute Gasteiger partial charge is 0.481 e. The van der Waals surface area contributed by atoms with Crippen molar-refractivity contribution in [1.82, 2.24) is 9.44 Å². The minimum absolute atomic E-state index is 0.125. The van der Waals surface area contributed by atoms with Crippen molar-refractivity contribution in [2.24, 2.45) is 5.92 Å². The van der Waals surface area contributed by atoms with E-state index in [4.69, 9.17) is 5.11 Å². The predicted molar refractivity (Wildman–Crippen MR) is 57.0 cm³/mol. The van der Waals surface area contributed by atoms with Gasteiger partial charge in [-0.3, -0.25) is 4.79 Å². The van der Waals surface area contributed by atoms with Gasteiger partial charge in [-0.25, -0.2) is 4.72 Å². The van der Waals surface area contributed by atoms with Gasteiger partial charge in [0.1, 0.15) is 6.54 Å². The summed E-state index contributed by atoms with van der Waals surface area (Å²) in [5, 5.41) is 8.39. The summed E-state index contributed by atoms with van der Waals surface area (Å²) in [5.41, 5.74) is 0. The quantitative estimate of drug-likeness (QED) is 0.606. The Morgan fingerprint density at radius 3 is 2.33 bits per heavy atom. The van der Waals surface area contributed by atoms with Crippen molar-refractivity contribution in [1.29, 1.82) is 0 Å². The maximum absolute atomic E-state index is 11.8.